The first-order chi connectivity index (χ1) is 12.6. The van der Waals surface area contributed by atoms with E-state index >= 15 is 0 Å². The molecule has 3 aromatic rings. The van der Waals surface area contributed by atoms with Gasteiger partial charge in [-0.1, -0.05) is 23.7 Å². The molecule has 4 nitrogen and oxygen atoms in total. The molecule has 0 aliphatic carbocycles. The van der Waals surface area contributed by atoms with Gasteiger partial charge in [-0.25, -0.2) is 4.79 Å². The molecule has 5 heteroatoms. The standard InChI is InChI=1S/C21H19ClN2O2/c1-2-26-21(25)20(15-5-9-17(23)10-6-15)14-19-4-3-13-24(19)18-11-7-16(22)8-12-18/h3-14H,2,23H2,1H3. The highest BCUT2D eigenvalue weighted by molar-refractivity contribution is 6.30. The van der Waals surface area contributed by atoms with Crippen LogP contribution in [0, 0.1) is 0 Å². The second-order valence-corrected chi connectivity index (χ2v) is 6.12. The van der Waals surface area contributed by atoms with Gasteiger partial charge in [-0.15, -0.1) is 0 Å². The summed E-state index contributed by atoms with van der Waals surface area (Å²) in [7, 11) is 0. The molecular weight excluding hydrogens is 348 g/mol. The summed E-state index contributed by atoms with van der Waals surface area (Å²) in [5.74, 6) is -0.374. The lowest BCUT2D eigenvalue weighted by molar-refractivity contribution is -0.136. The molecule has 0 amide bonds. The van der Waals surface area contributed by atoms with Gasteiger partial charge in [0.05, 0.1) is 12.2 Å². The second-order valence-electron chi connectivity index (χ2n) is 5.68. The number of nitrogens with zero attached hydrogens (tertiary/aromatic N) is 1. The number of ether oxygens (including phenoxy) is 1. The van der Waals surface area contributed by atoms with Gasteiger partial charge in [-0.3, -0.25) is 0 Å². The first kappa shape index (κ1) is 17.8. The number of nitrogens with two attached hydrogens (primary N) is 1. The molecule has 26 heavy (non-hydrogen) atoms. The van der Waals surface area contributed by atoms with Gasteiger partial charge in [0.1, 0.15) is 0 Å². The number of carbonyl (C=O) groups is 1. The van der Waals surface area contributed by atoms with Crippen molar-refractivity contribution < 1.29 is 9.53 Å². The summed E-state index contributed by atoms with van der Waals surface area (Å²) in [6.07, 6.45) is 3.75. The van der Waals surface area contributed by atoms with Gasteiger partial charge in [-0.05, 0) is 67.1 Å². The maximum Gasteiger partial charge on any atom is 0.338 e. The van der Waals surface area contributed by atoms with Crippen LogP contribution in [0.25, 0.3) is 17.3 Å². The van der Waals surface area contributed by atoms with Gasteiger partial charge in [0, 0.05) is 28.3 Å². The van der Waals surface area contributed by atoms with Crippen molar-refractivity contribution in [2.45, 2.75) is 6.92 Å². The van der Waals surface area contributed by atoms with E-state index in [1.165, 1.54) is 0 Å². The minimum atomic E-state index is -0.374. The molecule has 0 aliphatic heterocycles. The Morgan fingerprint density at radius 2 is 1.81 bits per heavy atom. The quantitative estimate of drug-likeness (QED) is 0.400. The number of hydrogen-bond acceptors (Lipinski definition) is 3. The van der Waals surface area contributed by atoms with Crippen LogP contribution in [0.1, 0.15) is 18.2 Å². The van der Waals surface area contributed by atoms with Crippen molar-refractivity contribution in [2.24, 2.45) is 0 Å². The van der Waals surface area contributed by atoms with Crippen LogP contribution in [0.3, 0.4) is 0 Å². The number of rotatable bonds is 5. The van der Waals surface area contributed by atoms with Gasteiger partial charge in [0.25, 0.3) is 0 Å². The van der Waals surface area contributed by atoms with Crippen molar-refractivity contribution in [1.82, 2.24) is 4.57 Å². The minimum Gasteiger partial charge on any atom is -0.462 e. The lowest BCUT2D eigenvalue weighted by Crippen LogP contribution is -2.07. The summed E-state index contributed by atoms with van der Waals surface area (Å²) in [6.45, 7) is 2.10. The maximum atomic E-state index is 12.5. The van der Waals surface area contributed by atoms with Crippen LogP contribution in [0.15, 0.2) is 66.9 Å². The number of nitrogen functional groups attached to an aromatic ring is 1. The highest BCUT2D eigenvalue weighted by atomic mass is 35.5. The fraction of sp³-hybridized carbons (Fsp3) is 0.0952. The molecule has 0 bridgehead atoms. The Kier molecular flexibility index (Phi) is 5.44. The molecule has 0 saturated carbocycles. The second kappa shape index (κ2) is 7.93. The Labute approximate surface area is 157 Å². The van der Waals surface area contributed by atoms with Crippen LogP contribution >= 0.6 is 11.6 Å². The van der Waals surface area contributed by atoms with Crippen molar-refractivity contribution in [1.29, 1.82) is 0 Å². The highest BCUT2D eigenvalue weighted by Gasteiger charge is 2.14. The fourth-order valence-corrected chi connectivity index (χ4v) is 2.75. The van der Waals surface area contributed by atoms with E-state index in [0.29, 0.717) is 22.9 Å². The van der Waals surface area contributed by atoms with Crippen LogP contribution in [-0.2, 0) is 9.53 Å². The van der Waals surface area contributed by atoms with Crippen molar-refractivity contribution in [3.8, 4) is 5.69 Å². The topological polar surface area (TPSA) is 57.2 Å². The van der Waals surface area contributed by atoms with E-state index < -0.39 is 0 Å². The van der Waals surface area contributed by atoms with E-state index in [9.17, 15) is 4.79 Å². The molecule has 0 atom stereocenters. The Morgan fingerprint density at radius 3 is 2.46 bits per heavy atom. The molecule has 1 aromatic heterocycles. The van der Waals surface area contributed by atoms with Crippen LogP contribution in [0.5, 0.6) is 0 Å². The summed E-state index contributed by atoms with van der Waals surface area (Å²) in [5.41, 5.74) is 9.43. The lowest BCUT2D eigenvalue weighted by Gasteiger charge is -2.10. The third-order valence-electron chi connectivity index (χ3n) is 3.89. The summed E-state index contributed by atoms with van der Waals surface area (Å²) >= 11 is 5.97. The van der Waals surface area contributed by atoms with Crippen LogP contribution in [0.4, 0.5) is 5.69 Å². The molecular formula is C21H19ClN2O2. The van der Waals surface area contributed by atoms with Crippen molar-refractivity contribution in [3.63, 3.8) is 0 Å². The van der Waals surface area contributed by atoms with Gasteiger partial charge in [-0.2, -0.15) is 0 Å². The number of anilines is 1. The summed E-state index contributed by atoms with van der Waals surface area (Å²) in [4.78, 5) is 12.5. The number of aromatic nitrogens is 1. The largest absolute Gasteiger partial charge is 0.462 e. The van der Waals surface area contributed by atoms with Crippen molar-refractivity contribution >= 4 is 34.9 Å². The lowest BCUT2D eigenvalue weighted by atomic mass is 10.0. The molecule has 2 aromatic carbocycles. The normalized spacial score (nSPS) is 11.4. The SMILES string of the molecule is CCOC(=O)C(=Cc1cccn1-c1ccc(Cl)cc1)c1ccc(N)cc1. The third-order valence-corrected chi connectivity index (χ3v) is 4.15. The average molecular weight is 367 g/mol. The Morgan fingerprint density at radius 1 is 1.12 bits per heavy atom. The van der Waals surface area contributed by atoms with Gasteiger partial charge in [0.15, 0.2) is 0 Å². The third kappa shape index (κ3) is 3.98. The van der Waals surface area contributed by atoms with Gasteiger partial charge < -0.3 is 15.0 Å². The predicted molar refractivity (Wildman–Crippen MR) is 106 cm³/mol. The number of esters is 1. The molecule has 0 saturated heterocycles. The average Bonchev–Trinajstić information content (AvgIpc) is 3.10. The van der Waals surface area contributed by atoms with Crippen LogP contribution in [-0.4, -0.2) is 17.1 Å². The molecule has 132 valence electrons. The van der Waals surface area contributed by atoms with E-state index in [-0.39, 0.29) is 5.97 Å². The molecule has 3 rings (SSSR count). The summed E-state index contributed by atoms with van der Waals surface area (Å²) < 4.78 is 7.21. The molecule has 0 unspecified atom stereocenters. The zero-order valence-electron chi connectivity index (χ0n) is 14.4. The molecule has 0 radical (unpaired) electrons. The summed E-state index contributed by atoms with van der Waals surface area (Å²) in [6, 6.07) is 18.5. The van der Waals surface area contributed by atoms with E-state index in [0.717, 1.165) is 16.9 Å². The number of hydrogen-bond donors (Lipinski definition) is 1. The van der Waals surface area contributed by atoms with Gasteiger partial charge >= 0.3 is 5.97 Å². The zero-order valence-corrected chi connectivity index (χ0v) is 15.1. The fourth-order valence-electron chi connectivity index (χ4n) is 2.63. The molecule has 0 spiro atoms. The summed E-state index contributed by atoms with van der Waals surface area (Å²) in [5, 5.41) is 0.673. The number of benzene rings is 2. The number of halogens is 1. The zero-order chi connectivity index (χ0) is 18.5. The van der Waals surface area contributed by atoms with Crippen molar-refractivity contribution in [3.05, 3.63) is 83.1 Å². The van der Waals surface area contributed by atoms with E-state index in [4.69, 9.17) is 22.1 Å². The van der Waals surface area contributed by atoms with E-state index in [2.05, 4.69) is 0 Å². The van der Waals surface area contributed by atoms with E-state index in [1.54, 1.807) is 19.1 Å². The smallest absolute Gasteiger partial charge is 0.338 e. The molecule has 0 fully saturated rings. The van der Waals surface area contributed by atoms with Crippen LogP contribution in [0.2, 0.25) is 5.02 Å². The minimum absolute atomic E-state index is 0.309. The predicted octanol–water partition coefficient (Wildman–Crippen LogP) is 4.82. The first-order valence-corrected chi connectivity index (χ1v) is 8.64. The Balaban J connectivity index is 2.06. The number of carbonyl (C=O) groups excluding carboxylic acids is 1. The maximum absolute atomic E-state index is 12.5. The molecule has 0 aliphatic rings. The Hall–Kier alpha value is -2.98. The van der Waals surface area contributed by atoms with Gasteiger partial charge in [0.2, 0.25) is 0 Å². The highest BCUT2D eigenvalue weighted by Crippen LogP contribution is 2.24. The van der Waals surface area contributed by atoms with Crippen molar-refractivity contribution in [2.75, 3.05) is 12.3 Å². The first-order valence-electron chi connectivity index (χ1n) is 8.26. The monoisotopic (exact) mass is 366 g/mol. The Bertz CT molecular complexity index is 925. The molecule has 1 heterocycles. The molecule has 2 N–H and O–H groups in total. The van der Waals surface area contributed by atoms with E-state index in [1.807, 2.05) is 65.4 Å². The van der Waals surface area contributed by atoms with Crippen LogP contribution < -0.4 is 5.73 Å².